The van der Waals surface area contributed by atoms with Crippen LogP contribution in [-0.4, -0.2) is 14.3 Å². The molecule has 0 saturated carbocycles. The van der Waals surface area contributed by atoms with Gasteiger partial charge in [-0.3, -0.25) is 4.21 Å². The molecule has 108 valence electrons. The Bertz CT molecular complexity index is 777. The Morgan fingerprint density at radius 2 is 1.90 bits per heavy atom. The number of nitrogens with zero attached hydrogens (tertiary/aromatic N) is 2. The van der Waals surface area contributed by atoms with Crippen molar-refractivity contribution < 1.29 is 8.73 Å². The maximum atomic E-state index is 12.3. The molecule has 0 aliphatic carbocycles. The SMILES string of the molecule is CCc1noc(C[S@@](=O)Cc2cccc3ccccc23)n1. The summed E-state index contributed by atoms with van der Waals surface area (Å²) < 4.78 is 17.4. The van der Waals surface area contributed by atoms with Crippen molar-refractivity contribution in [2.75, 3.05) is 0 Å². The molecule has 21 heavy (non-hydrogen) atoms. The molecule has 0 N–H and O–H groups in total. The van der Waals surface area contributed by atoms with E-state index in [0.717, 1.165) is 22.8 Å². The molecule has 0 aliphatic rings. The fraction of sp³-hybridized carbons (Fsp3) is 0.250. The maximum Gasteiger partial charge on any atom is 0.239 e. The summed E-state index contributed by atoms with van der Waals surface area (Å²) in [5.41, 5.74) is 1.08. The first-order valence-corrected chi connectivity index (χ1v) is 8.38. The maximum absolute atomic E-state index is 12.3. The highest BCUT2D eigenvalue weighted by molar-refractivity contribution is 7.83. The smallest absolute Gasteiger partial charge is 0.239 e. The van der Waals surface area contributed by atoms with Crippen LogP contribution < -0.4 is 0 Å². The van der Waals surface area contributed by atoms with Gasteiger partial charge in [-0.05, 0) is 16.3 Å². The Labute approximate surface area is 125 Å². The summed E-state index contributed by atoms with van der Waals surface area (Å²) in [5.74, 6) is 1.90. The van der Waals surface area contributed by atoms with E-state index >= 15 is 0 Å². The molecule has 3 rings (SSSR count). The van der Waals surface area contributed by atoms with Gasteiger partial charge in [-0.25, -0.2) is 0 Å². The largest absolute Gasteiger partial charge is 0.338 e. The first kappa shape index (κ1) is 13.9. The molecule has 1 aromatic heterocycles. The van der Waals surface area contributed by atoms with Gasteiger partial charge in [0.15, 0.2) is 5.82 Å². The number of benzene rings is 2. The van der Waals surface area contributed by atoms with Gasteiger partial charge in [0.05, 0.1) is 0 Å². The molecule has 0 spiro atoms. The summed E-state index contributed by atoms with van der Waals surface area (Å²) in [6.45, 7) is 1.96. The lowest BCUT2D eigenvalue weighted by Gasteiger charge is -2.05. The van der Waals surface area contributed by atoms with E-state index < -0.39 is 10.8 Å². The predicted molar refractivity (Wildman–Crippen MR) is 83.2 cm³/mol. The molecule has 0 unspecified atom stereocenters. The van der Waals surface area contributed by atoms with Crippen LogP contribution in [0.15, 0.2) is 47.0 Å². The Morgan fingerprint density at radius 1 is 1.10 bits per heavy atom. The van der Waals surface area contributed by atoms with Gasteiger partial charge in [0.1, 0.15) is 5.75 Å². The molecule has 5 heteroatoms. The highest BCUT2D eigenvalue weighted by Gasteiger charge is 2.11. The van der Waals surface area contributed by atoms with Crippen LogP contribution in [-0.2, 0) is 28.7 Å². The van der Waals surface area contributed by atoms with Crippen LogP contribution in [0.2, 0.25) is 0 Å². The van der Waals surface area contributed by atoms with Crippen molar-refractivity contribution in [3.63, 3.8) is 0 Å². The Hall–Kier alpha value is -2.01. The topological polar surface area (TPSA) is 56.0 Å². The van der Waals surface area contributed by atoms with Crippen molar-refractivity contribution >= 4 is 21.6 Å². The van der Waals surface area contributed by atoms with E-state index in [1.807, 2.05) is 31.2 Å². The Kier molecular flexibility index (Phi) is 4.10. The summed E-state index contributed by atoms with van der Waals surface area (Å²) in [6.07, 6.45) is 0.722. The molecule has 1 atom stereocenters. The van der Waals surface area contributed by atoms with Gasteiger partial charge in [0.2, 0.25) is 5.89 Å². The lowest BCUT2D eigenvalue weighted by molar-refractivity contribution is 0.384. The summed E-state index contributed by atoms with van der Waals surface area (Å²) in [4.78, 5) is 4.20. The molecule has 0 radical (unpaired) electrons. The first-order chi connectivity index (χ1) is 10.3. The minimum absolute atomic E-state index is 0.302. The monoisotopic (exact) mass is 300 g/mol. The zero-order valence-electron chi connectivity index (χ0n) is 11.8. The molecule has 0 fully saturated rings. The molecule has 0 saturated heterocycles. The van der Waals surface area contributed by atoms with Crippen molar-refractivity contribution in [1.82, 2.24) is 10.1 Å². The number of fused-ring (bicyclic) bond motifs is 1. The van der Waals surface area contributed by atoms with Crippen molar-refractivity contribution in [3.8, 4) is 0 Å². The Morgan fingerprint density at radius 3 is 2.71 bits per heavy atom. The minimum Gasteiger partial charge on any atom is -0.338 e. The molecule has 0 bridgehead atoms. The van der Waals surface area contributed by atoms with Crippen LogP contribution in [0.1, 0.15) is 24.2 Å². The Balaban J connectivity index is 1.77. The van der Waals surface area contributed by atoms with Gasteiger partial charge in [-0.2, -0.15) is 4.98 Å². The van der Waals surface area contributed by atoms with Gasteiger partial charge in [-0.15, -0.1) is 0 Å². The second-order valence-electron chi connectivity index (χ2n) is 4.82. The van der Waals surface area contributed by atoms with E-state index in [9.17, 15) is 4.21 Å². The standard InChI is InChI=1S/C16H16N2O2S/c1-2-15-17-16(20-18-15)11-21(19)10-13-8-5-7-12-6-3-4-9-14(12)13/h3-9H,2,10-11H2,1H3/t21-/m0/s1. The van der Waals surface area contributed by atoms with Crippen molar-refractivity contribution in [3.05, 3.63) is 59.7 Å². The van der Waals surface area contributed by atoms with Crippen LogP contribution in [0.4, 0.5) is 0 Å². The second-order valence-corrected chi connectivity index (χ2v) is 6.28. The van der Waals surface area contributed by atoms with Crippen LogP contribution >= 0.6 is 0 Å². The molecule has 4 nitrogen and oxygen atoms in total. The molecule has 0 aliphatic heterocycles. The normalized spacial score (nSPS) is 12.6. The number of hydrogen-bond donors (Lipinski definition) is 0. The molecule has 2 aromatic carbocycles. The van der Waals surface area contributed by atoms with Crippen molar-refractivity contribution in [2.45, 2.75) is 24.9 Å². The summed E-state index contributed by atoms with van der Waals surface area (Å²) in [6, 6.07) is 14.2. The average molecular weight is 300 g/mol. The summed E-state index contributed by atoms with van der Waals surface area (Å²) in [5, 5.41) is 6.14. The van der Waals surface area contributed by atoms with Gasteiger partial charge in [-0.1, -0.05) is 54.5 Å². The summed E-state index contributed by atoms with van der Waals surface area (Å²) >= 11 is 0. The average Bonchev–Trinajstić information content (AvgIpc) is 2.95. The van der Waals surface area contributed by atoms with Crippen LogP contribution in [0.25, 0.3) is 10.8 Å². The molecular formula is C16H16N2O2S. The third kappa shape index (κ3) is 3.19. The molecule has 3 aromatic rings. The third-order valence-corrected chi connectivity index (χ3v) is 4.51. The number of aromatic nitrogens is 2. The van der Waals surface area contributed by atoms with Crippen molar-refractivity contribution in [1.29, 1.82) is 0 Å². The lowest BCUT2D eigenvalue weighted by atomic mass is 10.1. The van der Waals surface area contributed by atoms with Gasteiger partial charge >= 0.3 is 0 Å². The number of aryl methyl sites for hydroxylation is 1. The van der Waals surface area contributed by atoms with E-state index in [4.69, 9.17) is 4.52 Å². The van der Waals surface area contributed by atoms with E-state index in [-0.39, 0.29) is 0 Å². The first-order valence-electron chi connectivity index (χ1n) is 6.89. The third-order valence-electron chi connectivity index (χ3n) is 3.31. The van der Waals surface area contributed by atoms with Crippen LogP contribution in [0, 0.1) is 0 Å². The molecule has 1 heterocycles. The van der Waals surface area contributed by atoms with Crippen LogP contribution in [0.3, 0.4) is 0 Å². The lowest BCUT2D eigenvalue weighted by Crippen LogP contribution is -2.00. The van der Waals surface area contributed by atoms with Gasteiger partial charge < -0.3 is 4.52 Å². The van der Waals surface area contributed by atoms with E-state index in [0.29, 0.717) is 23.2 Å². The molecule has 0 amide bonds. The predicted octanol–water partition coefficient (Wildman–Crippen LogP) is 3.23. The quantitative estimate of drug-likeness (QED) is 0.726. The number of hydrogen-bond acceptors (Lipinski definition) is 4. The highest BCUT2D eigenvalue weighted by Crippen LogP contribution is 2.20. The fourth-order valence-corrected chi connectivity index (χ4v) is 3.37. The second kappa shape index (κ2) is 6.18. The van der Waals surface area contributed by atoms with E-state index in [1.165, 1.54) is 0 Å². The van der Waals surface area contributed by atoms with E-state index in [2.05, 4.69) is 28.3 Å². The zero-order valence-corrected chi connectivity index (χ0v) is 12.6. The minimum atomic E-state index is -1.06. The highest BCUT2D eigenvalue weighted by atomic mass is 32.2. The van der Waals surface area contributed by atoms with E-state index in [1.54, 1.807) is 0 Å². The van der Waals surface area contributed by atoms with Crippen molar-refractivity contribution in [2.24, 2.45) is 0 Å². The van der Waals surface area contributed by atoms with Gasteiger partial charge in [0, 0.05) is 23.0 Å². The van der Waals surface area contributed by atoms with Gasteiger partial charge in [0.25, 0.3) is 0 Å². The fourth-order valence-electron chi connectivity index (χ4n) is 2.27. The molecular weight excluding hydrogens is 284 g/mol. The van der Waals surface area contributed by atoms with Crippen LogP contribution in [0.5, 0.6) is 0 Å². The summed E-state index contributed by atoms with van der Waals surface area (Å²) in [7, 11) is -1.06. The number of rotatable bonds is 5. The zero-order chi connectivity index (χ0) is 14.7.